The van der Waals surface area contributed by atoms with Gasteiger partial charge in [-0.15, -0.1) is 0 Å². The molecule has 0 aliphatic heterocycles. The average Bonchev–Trinajstić information content (AvgIpc) is 2.34. The van der Waals surface area contributed by atoms with Crippen molar-refractivity contribution >= 4 is 22.2 Å². The fraction of sp³-hybridized carbons (Fsp3) is 0.143. The van der Waals surface area contributed by atoms with Crippen LogP contribution in [0.1, 0.15) is 10.6 Å². The zero-order valence-corrected chi connectivity index (χ0v) is 7.41. The van der Waals surface area contributed by atoms with E-state index < -0.39 is 0 Å². The number of aldehydes is 1. The molecule has 1 rings (SSSR count). The Balaban J connectivity index is 2.84. The minimum absolute atomic E-state index is 0.422. The molecule has 0 aromatic carbocycles. The van der Waals surface area contributed by atoms with Crippen LogP contribution in [0, 0.1) is 0 Å². The number of hydrogen-bond donors (Lipinski definition) is 0. The maximum Gasteiger partial charge on any atom is 0.185 e. The molecule has 1 heterocycles. The van der Waals surface area contributed by atoms with E-state index in [1.807, 2.05) is 0 Å². The lowest BCUT2D eigenvalue weighted by Crippen LogP contribution is -2.01. The minimum atomic E-state index is 0.422. The quantitative estimate of drug-likeness (QED) is 0.717. The average molecular weight is 215 g/mol. The van der Waals surface area contributed by atoms with Crippen molar-refractivity contribution in [3.8, 4) is 0 Å². The molecule has 0 radical (unpaired) electrons. The van der Waals surface area contributed by atoms with E-state index in [2.05, 4.69) is 27.5 Å². The summed E-state index contributed by atoms with van der Waals surface area (Å²) in [7, 11) is 0. The molecule has 0 fully saturated rings. The maximum absolute atomic E-state index is 10.3. The van der Waals surface area contributed by atoms with Gasteiger partial charge in [-0.1, -0.05) is 22.5 Å². The van der Waals surface area contributed by atoms with Gasteiger partial charge in [0, 0.05) is 16.9 Å². The Labute approximate surface area is 72.9 Å². The summed E-state index contributed by atoms with van der Waals surface area (Å²) in [5.41, 5.74) is 0. The second-order valence-corrected chi connectivity index (χ2v) is 3.17. The zero-order valence-electron chi connectivity index (χ0n) is 5.83. The van der Waals surface area contributed by atoms with Gasteiger partial charge in [-0.05, 0) is 0 Å². The molecule has 11 heavy (non-hydrogen) atoms. The first-order chi connectivity index (χ1) is 5.24. The van der Waals surface area contributed by atoms with Crippen LogP contribution in [0.15, 0.2) is 23.5 Å². The number of halogens is 1. The van der Waals surface area contributed by atoms with E-state index in [9.17, 15) is 4.79 Å². The number of imidazole rings is 1. The van der Waals surface area contributed by atoms with Gasteiger partial charge in [0.1, 0.15) is 0 Å². The van der Waals surface area contributed by atoms with Crippen LogP contribution in [0.25, 0.3) is 0 Å². The molecule has 0 unspecified atom stereocenters. The summed E-state index contributed by atoms with van der Waals surface area (Å²) in [6.45, 7) is 4.23. The summed E-state index contributed by atoms with van der Waals surface area (Å²) in [6, 6.07) is 0. The highest BCUT2D eigenvalue weighted by Gasteiger charge is 1.99. The van der Waals surface area contributed by atoms with Gasteiger partial charge in [0.2, 0.25) is 0 Å². The third-order valence-corrected chi connectivity index (χ3v) is 1.45. The Morgan fingerprint density at radius 3 is 3.18 bits per heavy atom. The van der Waals surface area contributed by atoms with E-state index in [-0.39, 0.29) is 0 Å². The Morgan fingerprint density at radius 1 is 1.91 bits per heavy atom. The number of hydrogen-bond acceptors (Lipinski definition) is 2. The van der Waals surface area contributed by atoms with Crippen LogP contribution in [0.2, 0.25) is 0 Å². The molecule has 3 nitrogen and oxygen atoms in total. The fourth-order valence-electron chi connectivity index (χ4n) is 0.757. The zero-order chi connectivity index (χ0) is 8.27. The predicted molar refractivity (Wildman–Crippen MR) is 45.7 cm³/mol. The van der Waals surface area contributed by atoms with E-state index in [0.717, 1.165) is 10.8 Å². The van der Waals surface area contributed by atoms with Crippen molar-refractivity contribution in [2.45, 2.75) is 6.54 Å². The standard InChI is InChI=1S/C7H7BrN2O/c1-6(8)4-10-3-2-9-7(10)5-11/h2-3,5H,1,4H2. The molecule has 0 aliphatic rings. The maximum atomic E-state index is 10.3. The highest BCUT2D eigenvalue weighted by atomic mass is 79.9. The van der Waals surface area contributed by atoms with Gasteiger partial charge >= 0.3 is 0 Å². The molecule has 0 atom stereocenters. The first-order valence-electron chi connectivity index (χ1n) is 3.03. The monoisotopic (exact) mass is 214 g/mol. The van der Waals surface area contributed by atoms with Crippen LogP contribution in [0.4, 0.5) is 0 Å². The molecule has 0 bridgehead atoms. The number of nitrogens with zero attached hydrogens (tertiary/aromatic N) is 2. The molecule has 58 valence electrons. The predicted octanol–water partition coefficient (Wildman–Crippen LogP) is 1.60. The summed E-state index contributed by atoms with van der Waals surface area (Å²) in [5, 5.41) is 0. The SMILES string of the molecule is C=C(Br)Cn1ccnc1C=O. The summed E-state index contributed by atoms with van der Waals surface area (Å²) < 4.78 is 2.53. The topological polar surface area (TPSA) is 34.9 Å². The molecule has 4 heteroatoms. The highest BCUT2D eigenvalue weighted by Crippen LogP contribution is 2.05. The summed E-state index contributed by atoms with van der Waals surface area (Å²) in [4.78, 5) is 14.2. The van der Waals surface area contributed by atoms with Crippen LogP contribution in [0.5, 0.6) is 0 Å². The Bertz CT molecular complexity index is 280. The summed E-state index contributed by atoms with van der Waals surface area (Å²) >= 11 is 3.20. The molecule has 1 aromatic heterocycles. The molecule has 0 N–H and O–H groups in total. The Morgan fingerprint density at radius 2 is 2.64 bits per heavy atom. The third-order valence-electron chi connectivity index (χ3n) is 1.20. The van der Waals surface area contributed by atoms with Crippen LogP contribution >= 0.6 is 15.9 Å². The molecule has 0 saturated heterocycles. The normalized spacial score (nSPS) is 9.55. The Hall–Kier alpha value is -0.900. The van der Waals surface area contributed by atoms with Gasteiger partial charge in [-0.3, -0.25) is 4.79 Å². The number of carbonyl (C=O) groups excluding carboxylic acids is 1. The molecular weight excluding hydrogens is 208 g/mol. The van der Waals surface area contributed by atoms with Crippen molar-refractivity contribution in [3.63, 3.8) is 0 Å². The minimum Gasteiger partial charge on any atom is -0.324 e. The van der Waals surface area contributed by atoms with Gasteiger partial charge in [0.05, 0.1) is 6.54 Å². The summed E-state index contributed by atoms with van der Waals surface area (Å²) in [6.07, 6.45) is 4.03. The van der Waals surface area contributed by atoms with Crippen molar-refractivity contribution in [1.29, 1.82) is 0 Å². The van der Waals surface area contributed by atoms with E-state index >= 15 is 0 Å². The van der Waals surface area contributed by atoms with Crippen molar-refractivity contribution in [2.75, 3.05) is 0 Å². The smallest absolute Gasteiger partial charge is 0.185 e. The number of aromatic nitrogens is 2. The van der Waals surface area contributed by atoms with Crippen molar-refractivity contribution in [1.82, 2.24) is 9.55 Å². The van der Waals surface area contributed by atoms with E-state index in [1.54, 1.807) is 17.0 Å². The van der Waals surface area contributed by atoms with Crippen molar-refractivity contribution in [3.05, 3.63) is 29.3 Å². The second-order valence-electron chi connectivity index (χ2n) is 2.05. The van der Waals surface area contributed by atoms with Gasteiger partial charge in [0.25, 0.3) is 0 Å². The molecule has 0 spiro atoms. The van der Waals surface area contributed by atoms with Gasteiger partial charge in [0.15, 0.2) is 12.1 Å². The molecule has 1 aromatic rings. The lowest BCUT2D eigenvalue weighted by atomic mass is 10.5. The largest absolute Gasteiger partial charge is 0.324 e. The van der Waals surface area contributed by atoms with Crippen LogP contribution in [0.3, 0.4) is 0 Å². The van der Waals surface area contributed by atoms with Crippen LogP contribution in [-0.2, 0) is 6.54 Å². The molecule has 0 saturated carbocycles. The van der Waals surface area contributed by atoms with Crippen molar-refractivity contribution in [2.24, 2.45) is 0 Å². The first kappa shape index (κ1) is 8.20. The van der Waals surface area contributed by atoms with E-state index in [1.165, 1.54) is 0 Å². The lowest BCUT2D eigenvalue weighted by molar-refractivity contribution is 0.111. The number of carbonyl (C=O) groups is 1. The summed E-state index contributed by atoms with van der Waals surface area (Å²) in [5.74, 6) is 0.422. The van der Waals surface area contributed by atoms with Crippen LogP contribution < -0.4 is 0 Å². The molecular formula is C7H7BrN2O. The number of allylic oxidation sites excluding steroid dienone is 1. The van der Waals surface area contributed by atoms with Gasteiger partial charge < -0.3 is 4.57 Å². The van der Waals surface area contributed by atoms with Crippen molar-refractivity contribution < 1.29 is 4.79 Å². The van der Waals surface area contributed by atoms with Gasteiger partial charge in [-0.2, -0.15) is 0 Å². The lowest BCUT2D eigenvalue weighted by Gasteiger charge is -2.00. The van der Waals surface area contributed by atoms with Gasteiger partial charge in [-0.25, -0.2) is 4.98 Å². The number of rotatable bonds is 3. The second kappa shape index (κ2) is 3.48. The highest BCUT2D eigenvalue weighted by molar-refractivity contribution is 9.11. The van der Waals surface area contributed by atoms with E-state index in [4.69, 9.17) is 0 Å². The first-order valence-corrected chi connectivity index (χ1v) is 3.83. The van der Waals surface area contributed by atoms with E-state index in [0.29, 0.717) is 12.4 Å². The molecule has 0 aliphatic carbocycles. The fourth-order valence-corrected chi connectivity index (χ4v) is 1.03. The third kappa shape index (κ3) is 2.01. The Kier molecular flexibility index (Phi) is 2.59. The van der Waals surface area contributed by atoms with Crippen LogP contribution in [-0.4, -0.2) is 15.8 Å². The molecule has 0 amide bonds.